The molecule has 25 nitrogen and oxygen atoms in total. The number of para-hydroxylation sites is 2. The van der Waals surface area contributed by atoms with Gasteiger partial charge in [0.1, 0.15) is 24.7 Å². The van der Waals surface area contributed by atoms with Crippen LogP contribution >= 0.6 is 49.8 Å². The van der Waals surface area contributed by atoms with Crippen LogP contribution < -0.4 is 41.8 Å². The number of sulfonamides is 2. The van der Waals surface area contributed by atoms with Crippen LogP contribution in [-0.4, -0.2) is 159 Å². The zero-order valence-electron chi connectivity index (χ0n) is 70.3. The Bertz CT molecular complexity index is 6730. The molecule has 0 saturated carbocycles. The second-order valence-electron chi connectivity index (χ2n) is 29.8. The number of hydrogen-bond donors (Lipinski definition) is 6. The molecule has 4 aliphatic heterocycles. The molecule has 6 aromatic heterocycles. The van der Waals surface area contributed by atoms with Crippen LogP contribution in [-0.2, 0) is 58.1 Å². The third-order valence-corrected chi connectivity index (χ3v) is 26.1. The molecule has 10 aromatic carbocycles. The van der Waals surface area contributed by atoms with Crippen molar-refractivity contribution in [2.24, 2.45) is 11.8 Å². The Morgan fingerprint density at radius 2 is 0.891 bits per heavy atom. The maximum absolute atomic E-state index is 12.6. The number of fused-ring (bicyclic) bond motifs is 8. The van der Waals surface area contributed by atoms with Crippen LogP contribution in [0.4, 0.5) is 28.4 Å². The monoisotopic (exact) mass is 1910 g/mol. The Kier molecular flexibility index (Phi) is 34.4. The molecule has 129 heavy (non-hydrogen) atoms. The standard InChI is InChI=1S/C19H16N2O2.C16H13ClN2.C14H17N3O2S.C10H10O3.C9H6BrN.C9H6ClNO2S.C9H8N2.C6H6ClN.C5H12N2O2S/c22-19(15-10-13-4-1-2-7-18(13)23-12-15)21-17-6-3-5-14-11-20-9-8-16(14)17;17-14-4-6-15(7-5-14)19-11-13-3-1-2-12-10-18-9-8-16(12)13;1-20(18,19)17-9-7-16(8-10-17)14-4-2-3-12-11-15-6-5-13(12)14;11-10(12)8-5-7-3-1-2-4-9(7)13-6-8;10-9-3-1-2-7-6-11-5-4-8(7)9;10-14(12,13)9-3-1-2-7-6-11-5-4-8(7)9;10-9-3-1-2-7-6-11-5-4-8(7)9;7-5-1-3-6(8)4-2-5;1-10(8,9)7-4-2-6-3-5-7/h1-9,11,15H,10,12H2,(H,21,22);1-10,19H,11H2;2-6,11H,7-10H2,1H3;1-4,8H,5-6H2,(H,11,12);1-6H;1-6H;1-6H,10H2;1-4H,8H2;6H,2-5H2,1H3. The molecule has 10 heterocycles. The van der Waals surface area contributed by atoms with Crippen LogP contribution in [0.3, 0.4) is 0 Å². The molecule has 2 fully saturated rings. The van der Waals surface area contributed by atoms with E-state index in [2.05, 4.69) is 90.9 Å². The fourth-order valence-corrected chi connectivity index (χ4v) is 17.7. The highest BCUT2D eigenvalue weighted by molar-refractivity contribution is 9.10. The smallest absolute Gasteiger partial charge is 0.310 e. The molecule has 8 N–H and O–H groups in total. The molecule has 0 aliphatic carbocycles. The summed E-state index contributed by atoms with van der Waals surface area (Å²) < 4.78 is 82.4. The highest BCUT2D eigenvalue weighted by atomic mass is 79.9. The van der Waals surface area contributed by atoms with Crippen LogP contribution in [0.5, 0.6) is 11.5 Å². The minimum absolute atomic E-state index is 0.0104. The number of aliphatic carboxylic acids is 1. The molecule has 0 radical (unpaired) electrons. The number of nitrogens with zero attached hydrogens (tertiary/aromatic N) is 9. The zero-order valence-corrected chi connectivity index (χ0v) is 76.6. The van der Waals surface area contributed by atoms with E-state index in [0.29, 0.717) is 64.1 Å². The second-order valence-corrected chi connectivity index (χ2v) is 38.0. The molecule has 664 valence electrons. The number of carboxylic acid groups (broad SMARTS) is 1. The van der Waals surface area contributed by atoms with E-state index in [-0.39, 0.29) is 23.3 Å². The number of nitrogens with two attached hydrogens (primary N) is 2. The van der Waals surface area contributed by atoms with Crippen molar-refractivity contribution in [3.05, 3.63) is 348 Å². The van der Waals surface area contributed by atoms with Crippen molar-refractivity contribution < 1.29 is 49.4 Å². The van der Waals surface area contributed by atoms with Gasteiger partial charge in [0, 0.05) is 241 Å². The number of hydrogen-bond acceptors (Lipinski definition) is 21. The molecular formula is C97H94BrCl3N14O11S3. The van der Waals surface area contributed by atoms with E-state index in [1.165, 1.54) is 55.1 Å². The zero-order chi connectivity index (χ0) is 91.3. The Balaban J connectivity index is 0.000000134. The van der Waals surface area contributed by atoms with Gasteiger partial charge in [-0.05, 0) is 168 Å². The topological polar surface area (TPSA) is 350 Å². The van der Waals surface area contributed by atoms with Crippen molar-refractivity contribution in [2.75, 3.05) is 105 Å². The van der Waals surface area contributed by atoms with Crippen LogP contribution in [0.2, 0.25) is 10.0 Å². The minimum Gasteiger partial charge on any atom is -0.492 e. The van der Waals surface area contributed by atoms with Gasteiger partial charge >= 0.3 is 5.97 Å². The van der Waals surface area contributed by atoms with Crippen molar-refractivity contribution in [1.82, 2.24) is 43.8 Å². The SMILES string of the molecule is Brc1cccc2cnccc12.CS(=O)(=O)N1CCN(c2cccc3cnccc23)CC1.CS(=O)(=O)N1CCNCC1.Clc1ccc(NCc2cccc3cnccc23)cc1.Nc1ccc(Cl)cc1.Nc1cccc2cnccc12.O=C(Nc1cccc2cnccc12)C1COc2ccccc2C1.O=C(O)C1COc2ccccc2C1.O=S(=O)(Cl)c1cccc2cnccc12. The van der Waals surface area contributed by atoms with E-state index < -0.39 is 41.0 Å². The number of nitrogens with one attached hydrogen (secondary N) is 3. The molecule has 16 aromatic rings. The maximum atomic E-state index is 12.6. The van der Waals surface area contributed by atoms with Gasteiger partial charge in [-0.3, -0.25) is 39.5 Å². The van der Waals surface area contributed by atoms with Gasteiger partial charge in [-0.25, -0.2) is 25.3 Å². The van der Waals surface area contributed by atoms with Crippen molar-refractivity contribution in [2.45, 2.75) is 24.3 Å². The average molecular weight is 1910 g/mol. The summed E-state index contributed by atoms with van der Waals surface area (Å²) in [5.74, 6) is 0.336. The van der Waals surface area contributed by atoms with Gasteiger partial charge in [-0.2, -0.15) is 8.61 Å². The van der Waals surface area contributed by atoms with Crippen molar-refractivity contribution >= 4 is 184 Å². The van der Waals surface area contributed by atoms with Gasteiger partial charge in [0.05, 0.1) is 29.2 Å². The summed E-state index contributed by atoms with van der Waals surface area (Å²) in [6.45, 7) is 6.76. The molecule has 32 heteroatoms. The lowest BCUT2D eigenvalue weighted by molar-refractivity contribution is -0.143. The van der Waals surface area contributed by atoms with E-state index in [1.807, 2.05) is 201 Å². The number of carbonyl (C=O) groups excluding carboxylic acids is 1. The summed E-state index contributed by atoms with van der Waals surface area (Å²) >= 11 is 14.9. The number of carbonyl (C=O) groups is 2. The number of piperazine rings is 2. The van der Waals surface area contributed by atoms with Crippen LogP contribution in [0.15, 0.2) is 326 Å². The highest BCUT2D eigenvalue weighted by Crippen LogP contribution is 2.33. The molecule has 2 unspecified atom stereocenters. The Morgan fingerprint density at radius 1 is 0.465 bits per heavy atom. The largest absolute Gasteiger partial charge is 0.492 e. The van der Waals surface area contributed by atoms with Gasteiger partial charge in [0.2, 0.25) is 26.0 Å². The first kappa shape index (κ1) is 95.6. The van der Waals surface area contributed by atoms with Crippen LogP contribution in [0.25, 0.3) is 64.6 Å². The number of amides is 1. The van der Waals surface area contributed by atoms with E-state index in [0.717, 1.165) is 128 Å². The number of nitrogen functional groups attached to an aromatic ring is 2. The molecule has 20 rings (SSSR count). The van der Waals surface area contributed by atoms with Gasteiger partial charge in [-0.15, -0.1) is 0 Å². The van der Waals surface area contributed by atoms with Crippen molar-refractivity contribution in [3.8, 4) is 11.5 Å². The molecular weight excluding hydrogens is 1820 g/mol. The molecule has 4 aliphatic rings. The number of aromatic nitrogens is 6. The fourth-order valence-electron chi connectivity index (χ4n) is 14.2. The van der Waals surface area contributed by atoms with Gasteiger partial charge in [-0.1, -0.05) is 154 Å². The highest BCUT2D eigenvalue weighted by Gasteiger charge is 2.29. The summed E-state index contributed by atoms with van der Waals surface area (Å²) in [6, 6.07) is 76.8. The molecule has 0 spiro atoms. The van der Waals surface area contributed by atoms with E-state index in [4.69, 9.17) is 59.9 Å². The summed E-state index contributed by atoms with van der Waals surface area (Å²) in [5.41, 5.74) is 19.0. The molecule has 0 bridgehead atoms. The fraction of sp³-hybridized carbons (Fsp3) is 0.175. The number of rotatable bonds is 10. The normalized spacial score (nSPS) is 14.6. The predicted octanol–water partition coefficient (Wildman–Crippen LogP) is 18.3. The van der Waals surface area contributed by atoms with Gasteiger partial charge < -0.3 is 46.9 Å². The molecule has 2 saturated heterocycles. The Hall–Kier alpha value is -12.5. The molecule has 2 atom stereocenters. The van der Waals surface area contributed by atoms with E-state index in [9.17, 15) is 34.8 Å². The van der Waals surface area contributed by atoms with Gasteiger partial charge in [0.25, 0.3) is 9.05 Å². The van der Waals surface area contributed by atoms with Crippen molar-refractivity contribution in [1.29, 1.82) is 0 Å². The van der Waals surface area contributed by atoms with Crippen LogP contribution in [0, 0.1) is 11.8 Å². The summed E-state index contributed by atoms with van der Waals surface area (Å²) in [5, 5.41) is 32.3. The predicted molar refractivity (Wildman–Crippen MR) is 523 cm³/mol. The van der Waals surface area contributed by atoms with Crippen molar-refractivity contribution in [3.63, 3.8) is 0 Å². The van der Waals surface area contributed by atoms with Gasteiger partial charge in [0.15, 0.2) is 0 Å². The first-order valence-electron chi connectivity index (χ1n) is 40.8. The lowest BCUT2D eigenvalue weighted by Crippen LogP contribution is -2.48. The summed E-state index contributed by atoms with van der Waals surface area (Å²) in [6.07, 6.45) is 25.0. The number of benzene rings is 10. The van der Waals surface area contributed by atoms with E-state index >= 15 is 0 Å². The van der Waals surface area contributed by atoms with E-state index in [1.54, 1.807) is 79.6 Å². The lowest BCUT2D eigenvalue weighted by atomic mass is 9.96. The number of halogens is 4. The Morgan fingerprint density at radius 3 is 1.42 bits per heavy atom. The third-order valence-electron chi connectivity index (χ3n) is 20.9. The third kappa shape index (κ3) is 28.0. The Labute approximate surface area is 772 Å². The first-order chi connectivity index (χ1) is 62.2. The first-order valence-corrected chi connectivity index (χ1v) is 48.4. The number of carboxylic acids is 1. The summed E-state index contributed by atoms with van der Waals surface area (Å²) in [4.78, 5) is 50.0. The number of anilines is 5. The quantitative estimate of drug-likeness (QED) is 0.0547. The minimum atomic E-state index is -3.68. The average Bonchev–Trinajstić information content (AvgIpc) is 0.797. The maximum Gasteiger partial charge on any atom is 0.310 e. The van der Waals surface area contributed by atoms with Crippen LogP contribution in [0.1, 0.15) is 16.7 Å². The summed E-state index contributed by atoms with van der Waals surface area (Å²) in [7, 11) is -4.41. The molecule has 1 amide bonds. The second kappa shape index (κ2) is 46.5. The number of ether oxygens (including phenoxy) is 2. The number of pyridine rings is 6. The lowest BCUT2D eigenvalue weighted by Gasteiger charge is -2.35.